The second kappa shape index (κ2) is 13.7. The van der Waals surface area contributed by atoms with Gasteiger partial charge in [0.15, 0.2) is 0 Å². The number of amides is 3. The maximum Gasteiger partial charge on any atom is 0.416 e. The molecule has 1 fully saturated rings. The van der Waals surface area contributed by atoms with Gasteiger partial charge in [-0.3, -0.25) is 14.4 Å². The Morgan fingerprint density at radius 3 is 2.04 bits per heavy atom. The van der Waals surface area contributed by atoms with Crippen molar-refractivity contribution in [1.82, 2.24) is 15.2 Å². The fraction of sp³-hybridized carbons (Fsp3) is 0.344. The summed E-state index contributed by atoms with van der Waals surface area (Å²) in [5.74, 6) is -1.96. The molecule has 7 nitrogen and oxygen atoms in total. The van der Waals surface area contributed by atoms with Gasteiger partial charge in [-0.05, 0) is 67.8 Å². The molecule has 0 aromatic heterocycles. The van der Waals surface area contributed by atoms with Crippen LogP contribution in [0.1, 0.15) is 46.8 Å². The molecule has 246 valence electrons. The van der Waals surface area contributed by atoms with Crippen LogP contribution < -0.4 is 10.3 Å². The van der Waals surface area contributed by atoms with Crippen LogP contribution in [0.15, 0.2) is 72.8 Å². The topological polar surface area (TPSA) is 73.0 Å². The highest BCUT2D eigenvalue weighted by Crippen LogP contribution is 2.37. The van der Waals surface area contributed by atoms with Crippen LogP contribution >= 0.6 is 11.6 Å². The van der Waals surface area contributed by atoms with Crippen molar-refractivity contribution in [2.24, 2.45) is 0 Å². The Labute approximate surface area is 266 Å². The van der Waals surface area contributed by atoms with Crippen molar-refractivity contribution in [2.75, 3.05) is 19.1 Å². The lowest BCUT2D eigenvalue weighted by Crippen LogP contribution is -2.46. The maximum absolute atomic E-state index is 13.5. The van der Waals surface area contributed by atoms with E-state index in [9.17, 15) is 40.7 Å². The van der Waals surface area contributed by atoms with Gasteiger partial charge in [0.05, 0.1) is 22.9 Å². The average molecular weight is 669 g/mol. The molecule has 3 aromatic carbocycles. The lowest BCUT2D eigenvalue weighted by molar-refractivity contribution is -0.143. The Hall–Kier alpha value is -4.10. The van der Waals surface area contributed by atoms with Gasteiger partial charge in [-0.25, -0.2) is 10.0 Å². The Bertz CT molecular complexity index is 1530. The first-order valence-corrected chi connectivity index (χ1v) is 14.6. The molecule has 1 aliphatic rings. The predicted molar refractivity (Wildman–Crippen MR) is 160 cm³/mol. The molecule has 3 atom stereocenters. The Kier molecular flexibility index (Phi) is 10.4. The van der Waals surface area contributed by atoms with Gasteiger partial charge < -0.3 is 10.2 Å². The third-order valence-electron chi connectivity index (χ3n) is 7.97. The number of anilines is 1. The highest BCUT2D eigenvalue weighted by atomic mass is 35.5. The van der Waals surface area contributed by atoms with Crippen molar-refractivity contribution < 1.29 is 40.7 Å². The lowest BCUT2D eigenvalue weighted by Gasteiger charge is -2.29. The minimum atomic E-state index is -5.13. The molecule has 1 saturated heterocycles. The van der Waals surface area contributed by atoms with Crippen molar-refractivity contribution >= 4 is 35.0 Å². The molecule has 4 rings (SSSR count). The predicted octanol–water partition coefficient (Wildman–Crippen LogP) is 6.61. The van der Waals surface area contributed by atoms with E-state index in [2.05, 4.69) is 5.32 Å². The van der Waals surface area contributed by atoms with E-state index in [4.69, 9.17) is 11.6 Å². The molecule has 46 heavy (non-hydrogen) atoms. The molecule has 0 spiro atoms. The van der Waals surface area contributed by atoms with Crippen LogP contribution in [0.5, 0.6) is 0 Å². The molecular weight excluding hydrogens is 638 g/mol. The average Bonchev–Trinajstić information content (AvgIpc) is 3.21. The second-order valence-corrected chi connectivity index (χ2v) is 11.5. The number of hydrazine groups is 1. The number of hydrogen-bond acceptors (Lipinski definition) is 4. The summed E-state index contributed by atoms with van der Waals surface area (Å²) < 4.78 is 80.9. The minimum absolute atomic E-state index is 0.0185. The first-order chi connectivity index (χ1) is 21.5. The van der Waals surface area contributed by atoms with Crippen molar-refractivity contribution in [3.8, 4) is 0 Å². The van der Waals surface area contributed by atoms with Gasteiger partial charge in [-0.1, -0.05) is 41.9 Å². The summed E-state index contributed by atoms with van der Waals surface area (Å²) in [7, 11) is 2.96. The monoisotopic (exact) mass is 668 g/mol. The third kappa shape index (κ3) is 8.00. The zero-order valence-corrected chi connectivity index (χ0v) is 25.7. The normalized spacial score (nSPS) is 18.0. The van der Waals surface area contributed by atoms with Crippen LogP contribution in [0, 0.1) is 0 Å². The minimum Gasteiger partial charge on any atom is -0.343 e. The number of hydrogen-bond donors (Lipinski definition) is 1. The van der Waals surface area contributed by atoms with E-state index in [0.717, 1.165) is 4.90 Å². The molecule has 1 N–H and O–H groups in total. The Balaban J connectivity index is 1.55. The number of para-hydroxylation sites is 1. The van der Waals surface area contributed by atoms with Crippen LogP contribution in [0.4, 0.5) is 32.0 Å². The second-order valence-electron chi connectivity index (χ2n) is 11.1. The van der Waals surface area contributed by atoms with E-state index in [-0.39, 0.29) is 31.2 Å². The molecule has 3 amide bonds. The van der Waals surface area contributed by atoms with Gasteiger partial charge in [0.2, 0.25) is 5.91 Å². The standard InChI is InChI=1S/C32H31ClF6N4O3/c1-19-28(30(46)43(42(19)3)25-7-5-4-6-8-25)40-27(44)14-13-26(15-20-9-11-24(33)12-10-20)41(2)29(45)21-16-22(31(34,35)36)18-23(17-21)32(37,38)39/h4-12,16-19,26,28H,13-15H2,1-3H3,(H,40,44). The van der Waals surface area contributed by atoms with E-state index >= 15 is 0 Å². The third-order valence-corrected chi connectivity index (χ3v) is 8.22. The number of carbonyl (C=O) groups excluding carboxylic acids is 3. The highest BCUT2D eigenvalue weighted by molar-refractivity contribution is 6.30. The van der Waals surface area contributed by atoms with E-state index in [1.165, 1.54) is 12.1 Å². The molecule has 0 radical (unpaired) electrons. The smallest absolute Gasteiger partial charge is 0.343 e. The highest BCUT2D eigenvalue weighted by Gasteiger charge is 2.44. The summed E-state index contributed by atoms with van der Waals surface area (Å²) in [5, 5.41) is 6.32. The van der Waals surface area contributed by atoms with E-state index < -0.39 is 59.0 Å². The number of alkyl halides is 6. The van der Waals surface area contributed by atoms with Gasteiger partial charge in [0, 0.05) is 37.1 Å². The molecule has 1 heterocycles. The first kappa shape index (κ1) is 34.8. The van der Waals surface area contributed by atoms with Gasteiger partial charge in [-0.2, -0.15) is 26.3 Å². The van der Waals surface area contributed by atoms with E-state index in [1.807, 2.05) is 0 Å². The number of carbonyl (C=O) groups is 3. The summed E-state index contributed by atoms with van der Waals surface area (Å²) in [6, 6.07) is 13.9. The van der Waals surface area contributed by atoms with Gasteiger partial charge >= 0.3 is 12.4 Å². The van der Waals surface area contributed by atoms with Crippen molar-refractivity contribution in [3.63, 3.8) is 0 Å². The van der Waals surface area contributed by atoms with E-state index in [0.29, 0.717) is 28.4 Å². The van der Waals surface area contributed by atoms with Gasteiger partial charge in [-0.15, -0.1) is 0 Å². The lowest BCUT2D eigenvalue weighted by atomic mass is 9.98. The summed E-state index contributed by atoms with van der Waals surface area (Å²) in [6.07, 6.45) is -10.4. The summed E-state index contributed by atoms with van der Waals surface area (Å²) >= 11 is 5.98. The largest absolute Gasteiger partial charge is 0.416 e. The van der Waals surface area contributed by atoms with E-state index in [1.54, 1.807) is 73.6 Å². The number of likely N-dealkylation sites (N-methyl/N-ethyl adjacent to an activating group) is 2. The SMILES string of the molecule is CC1C(NC(=O)CCC(Cc2ccc(Cl)cc2)N(C)C(=O)c2cc(C(F)(F)F)cc(C(F)(F)F)c2)C(=O)N(c2ccccc2)N1C. The number of halogens is 7. The molecule has 3 unspecified atom stereocenters. The van der Waals surface area contributed by atoms with Crippen molar-refractivity contribution in [2.45, 2.75) is 56.7 Å². The van der Waals surface area contributed by atoms with Crippen LogP contribution in [0.25, 0.3) is 0 Å². The Morgan fingerprint density at radius 2 is 1.50 bits per heavy atom. The summed E-state index contributed by atoms with van der Waals surface area (Å²) in [4.78, 5) is 40.9. The molecule has 0 bridgehead atoms. The number of rotatable bonds is 9. The van der Waals surface area contributed by atoms with Gasteiger partial charge in [0.1, 0.15) is 6.04 Å². The first-order valence-electron chi connectivity index (χ1n) is 14.2. The van der Waals surface area contributed by atoms with Crippen LogP contribution in [-0.4, -0.2) is 59.9 Å². The number of benzene rings is 3. The van der Waals surface area contributed by atoms with Gasteiger partial charge in [0.25, 0.3) is 11.8 Å². The number of nitrogens with one attached hydrogen (secondary N) is 1. The van der Waals surface area contributed by atoms with Crippen molar-refractivity contribution in [1.29, 1.82) is 0 Å². The van der Waals surface area contributed by atoms with Crippen molar-refractivity contribution in [3.05, 3.63) is 100 Å². The zero-order chi connectivity index (χ0) is 34.0. The van der Waals surface area contributed by atoms with Crippen LogP contribution in [0.3, 0.4) is 0 Å². The number of nitrogens with zero attached hydrogens (tertiary/aromatic N) is 3. The van der Waals surface area contributed by atoms with Crippen LogP contribution in [0.2, 0.25) is 5.02 Å². The molecule has 14 heteroatoms. The Morgan fingerprint density at radius 1 is 0.935 bits per heavy atom. The summed E-state index contributed by atoms with van der Waals surface area (Å²) in [5.41, 5.74) is -2.75. The molecule has 0 saturated carbocycles. The zero-order valence-electron chi connectivity index (χ0n) is 25.0. The van der Waals surface area contributed by atoms with Crippen LogP contribution in [-0.2, 0) is 28.4 Å². The fourth-order valence-corrected chi connectivity index (χ4v) is 5.39. The molecule has 0 aliphatic carbocycles. The summed E-state index contributed by atoms with van der Waals surface area (Å²) in [6.45, 7) is 1.77. The molecular formula is C32H31ClF6N4O3. The maximum atomic E-state index is 13.5. The quantitative estimate of drug-likeness (QED) is 0.261. The molecule has 3 aromatic rings. The fourth-order valence-electron chi connectivity index (χ4n) is 5.27. The molecule has 1 aliphatic heterocycles.